The second kappa shape index (κ2) is 6.79. The number of aromatic hydroxyl groups is 2. The third-order valence-corrected chi connectivity index (χ3v) is 2.59. The van der Waals surface area contributed by atoms with E-state index < -0.39 is 11.9 Å². The van der Waals surface area contributed by atoms with Gasteiger partial charge in [0.05, 0.1) is 0 Å². The minimum Gasteiger partial charge on any atom is -0.508 e. The Kier molecular flexibility index (Phi) is 5.37. The maximum Gasteiger partial charge on any atom is 0.252 e. The number of hydrogen-bond donors (Lipinski definition) is 4. The van der Waals surface area contributed by atoms with E-state index in [-0.39, 0.29) is 23.0 Å². The summed E-state index contributed by atoms with van der Waals surface area (Å²) >= 11 is 0. The topological polar surface area (TPSA) is 98.7 Å². The molecule has 1 atom stereocenters. The highest BCUT2D eigenvalue weighted by Crippen LogP contribution is 2.20. The summed E-state index contributed by atoms with van der Waals surface area (Å²) in [5, 5.41) is 23.8. The van der Waals surface area contributed by atoms with Gasteiger partial charge >= 0.3 is 0 Å². The maximum absolute atomic E-state index is 11.9. The number of phenols is 2. The molecule has 0 saturated carbocycles. The second-order valence-corrected chi connectivity index (χ2v) is 5.07. The first kappa shape index (κ1) is 15.8. The zero-order valence-electron chi connectivity index (χ0n) is 11.8. The molecule has 6 nitrogen and oxygen atoms in total. The van der Waals surface area contributed by atoms with Crippen LogP contribution in [0.5, 0.6) is 11.5 Å². The first-order valence-electron chi connectivity index (χ1n) is 6.41. The number of nitrogens with one attached hydrogen (secondary N) is 2. The van der Waals surface area contributed by atoms with Gasteiger partial charge in [0.15, 0.2) is 0 Å². The van der Waals surface area contributed by atoms with Crippen molar-refractivity contribution in [2.75, 3.05) is 6.54 Å². The van der Waals surface area contributed by atoms with Gasteiger partial charge in [0.25, 0.3) is 5.91 Å². The van der Waals surface area contributed by atoms with Crippen LogP contribution in [0, 0.1) is 5.92 Å². The lowest BCUT2D eigenvalue weighted by molar-refractivity contribution is -0.122. The first-order chi connectivity index (χ1) is 9.29. The molecule has 4 N–H and O–H groups in total. The van der Waals surface area contributed by atoms with Gasteiger partial charge in [-0.3, -0.25) is 9.59 Å². The second-order valence-electron chi connectivity index (χ2n) is 5.07. The van der Waals surface area contributed by atoms with Crippen LogP contribution in [0.2, 0.25) is 0 Å². The lowest BCUT2D eigenvalue weighted by Crippen LogP contribution is -2.45. The molecule has 0 saturated heterocycles. The molecule has 1 unspecified atom stereocenters. The molecule has 0 bridgehead atoms. The van der Waals surface area contributed by atoms with Crippen molar-refractivity contribution in [3.05, 3.63) is 23.8 Å². The van der Waals surface area contributed by atoms with Gasteiger partial charge in [-0.1, -0.05) is 13.8 Å². The van der Waals surface area contributed by atoms with Gasteiger partial charge in [-0.05, 0) is 25.0 Å². The zero-order valence-corrected chi connectivity index (χ0v) is 11.8. The summed E-state index contributed by atoms with van der Waals surface area (Å²) in [7, 11) is 0. The van der Waals surface area contributed by atoms with Gasteiger partial charge in [0.2, 0.25) is 5.91 Å². The Morgan fingerprint density at radius 1 is 1.10 bits per heavy atom. The highest BCUT2D eigenvalue weighted by molar-refractivity contribution is 5.98. The van der Waals surface area contributed by atoms with E-state index in [1.54, 1.807) is 6.92 Å². The molecular formula is C14H20N2O4. The van der Waals surface area contributed by atoms with Crippen molar-refractivity contribution in [2.45, 2.75) is 26.8 Å². The van der Waals surface area contributed by atoms with Crippen molar-refractivity contribution < 1.29 is 19.8 Å². The predicted octanol–water partition coefficient (Wildman–Crippen LogP) is 0.988. The number of carbonyl (C=O) groups excluding carboxylic acids is 2. The fraction of sp³-hybridized carbons (Fsp3) is 0.429. The van der Waals surface area contributed by atoms with Crippen LogP contribution in [0.15, 0.2) is 18.2 Å². The van der Waals surface area contributed by atoms with Crippen molar-refractivity contribution in [1.82, 2.24) is 10.6 Å². The molecule has 6 heteroatoms. The Morgan fingerprint density at radius 2 is 1.65 bits per heavy atom. The normalized spacial score (nSPS) is 12.0. The van der Waals surface area contributed by atoms with E-state index in [0.29, 0.717) is 12.5 Å². The Labute approximate surface area is 117 Å². The van der Waals surface area contributed by atoms with Crippen LogP contribution in [0.4, 0.5) is 0 Å². The molecule has 1 aromatic carbocycles. The lowest BCUT2D eigenvalue weighted by atomic mass is 10.1. The van der Waals surface area contributed by atoms with Crippen molar-refractivity contribution >= 4 is 11.8 Å². The molecule has 110 valence electrons. The van der Waals surface area contributed by atoms with E-state index in [1.165, 1.54) is 12.1 Å². The fourth-order valence-electron chi connectivity index (χ4n) is 1.53. The van der Waals surface area contributed by atoms with Gasteiger partial charge in [-0.25, -0.2) is 0 Å². The number of benzene rings is 1. The third kappa shape index (κ3) is 4.79. The maximum atomic E-state index is 11.9. The summed E-state index contributed by atoms with van der Waals surface area (Å²) in [6.45, 7) is 6.04. The summed E-state index contributed by atoms with van der Waals surface area (Å²) in [4.78, 5) is 23.6. The minimum atomic E-state index is -0.703. The molecule has 0 radical (unpaired) electrons. The molecule has 2 amide bonds. The average molecular weight is 280 g/mol. The monoisotopic (exact) mass is 280 g/mol. The molecule has 0 fully saturated rings. The number of phenolic OH excluding ortho intramolecular Hbond substituents is 2. The van der Waals surface area contributed by atoms with Crippen molar-refractivity contribution in [2.24, 2.45) is 5.92 Å². The fourth-order valence-corrected chi connectivity index (χ4v) is 1.53. The first-order valence-corrected chi connectivity index (χ1v) is 6.41. The number of amides is 2. The van der Waals surface area contributed by atoms with Crippen LogP contribution in [0.25, 0.3) is 0 Å². The largest absolute Gasteiger partial charge is 0.508 e. The molecule has 0 heterocycles. The Balaban J connectivity index is 2.63. The molecule has 0 aliphatic heterocycles. The van der Waals surface area contributed by atoms with E-state index >= 15 is 0 Å². The van der Waals surface area contributed by atoms with E-state index in [1.807, 2.05) is 13.8 Å². The van der Waals surface area contributed by atoms with Crippen molar-refractivity contribution in [1.29, 1.82) is 0 Å². The van der Waals surface area contributed by atoms with Crippen molar-refractivity contribution in [3.63, 3.8) is 0 Å². The smallest absolute Gasteiger partial charge is 0.252 e. The molecule has 1 aromatic rings. The third-order valence-electron chi connectivity index (χ3n) is 2.59. The average Bonchev–Trinajstić information content (AvgIpc) is 2.34. The lowest BCUT2D eigenvalue weighted by Gasteiger charge is -2.15. The van der Waals surface area contributed by atoms with Crippen LogP contribution in [-0.2, 0) is 4.79 Å². The van der Waals surface area contributed by atoms with E-state index in [0.717, 1.165) is 6.07 Å². The summed E-state index contributed by atoms with van der Waals surface area (Å²) in [5.74, 6) is -0.927. The predicted molar refractivity (Wildman–Crippen MR) is 74.5 cm³/mol. The number of rotatable bonds is 5. The Morgan fingerprint density at radius 3 is 2.15 bits per heavy atom. The summed E-state index contributed by atoms with van der Waals surface area (Å²) in [5.41, 5.74) is 0.0889. The molecular weight excluding hydrogens is 260 g/mol. The highest BCUT2D eigenvalue weighted by Gasteiger charge is 2.17. The van der Waals surface area contributed by atoms with E-state index in [2.05, 4.69) is 10.6 Å². The zero-order chi connectivity index (χ0) is 15.3. The number of carbonyl (C=O) groups is 2. The Bertz CT molecular complexity index is 480. The van der Waals surface area contributed by atoms with Gasteiger partial charge < -0.3 is 20.8 Å². The molecule has 0 spiro atoms. The van der Waals surface area contributed by atoms with Crippen LogP contribution >= 0.6 is 0 Å². The van der Waals surface area contributed by atoms with E-state index in [9.17, 15) is 19.8 Å². The molecule has 20 heavy (non-hydrogen) atoms. The van der Waals surface area contributed by atoms with Crippen LogP contribution in [0.1, 0.15) is 31.1 Å². The quantitative estimate of drug-likeness (QED) is 0.646. The Hall–Kier alpha value is -2.24. The van der Waals surface area contributed by atoms with Crippen LogP contribution < -0.4 is 10.6 Å². The SMILES string of the molecule is CC(C)CNC(=O)C(C)NC(=O)c1cc(O)cc(O)c1. The van der Waals surface area contributed by atoms with Gasteiger partial charge in [0.1, 0.15) is 17.5 Å². The summed E-state index contributed by atoms with van der Waals surface area (Å²) in [6, 6.07) is 2.85. The van der Waals surface area contributed by atoms with Gasteiger partial charge in [-0.15, -0.1) is 0 Å². The van der Waals surface area contributed by atoms with Crippen molar-refractivity contribution in [3.8, 4) is 11.5 Å². The van der Waals surface area contributed by atoms with E-state index in [4.69, 9.17) is 0 Å². The molecule has 0 aliphatic carbocycles. The molecule has 0 aromatic heterocycles. The van der Waals surface area contributed by atoms with Crippen LogP contribution in [-0.4, -0.2) is 34.6 Å². The summed E-state index contributed by atoms with van der Waals surface area (Å²) in [6.07, 6.45) is 0. The van der Waals surface area contributed by atoms with Gasteiger partial charge in [-0.2, -0.15) is 0 Å². The highest BCUT2D eigenvalue weighted by atomic mass is 16.3. The van der Waals surface area contributed by atoms with Crippen LogP contribution in [0.3, 0.4) is 0 Å². The number of hydrogen-bond acceptors (Lipinski definition) is 4. The molecule has 1 rings (SSSR count). The van der Waals surface area contributed by atoms with Gasteiger partial charge in [0, 0.05) is 18.2 Å². The molecule has 0 aliphatic rings. The standard InChI is InChI=1S/C14H20N2O4/c1-8(2)7-15-13(19)9(3)16-14(20)10-4-11(17)6-12(18)5-10/h4-6,8-9,17-18H,7H2,1-3H3,(H,15,19)(H,16,20). The minimum absolute atomic E-state index is 0.0889. The summed E-state index contributed by atoms with van der Waals surface area (Å²) < 4.78 is 0.